The number of benzene rings is 4. The molecular weight excluding hydrogens is 526 g/mol. The van der Waals surface area contributed by atoms with Gasteiger partial charge in [0.25, 0.3) is 5.91 Å². The zero-order valence-corrected chi connectivity index (χ0v) is 22.1. The lowest BCUT2D eigenvalue weighted by atomic mass is 9.96. The molecule has 5 aromatic rings. The summed E-state index contributed by atoms with van der Waals surface area (Å²) in [6.45, 7) is 1.74. The van der Waals surface area contributed by atoms with Gasteiger partial charge in [0.05, 0.1) is 11.6 Å². The second-order valence-electron chi connectivity index (χ2n) is 8.50. The molecule has 0 aliphatic carbocycles. The first-order valence-electron chi connectivity index (χ1n) is 11.6. The molecule has 0 aliphatic heterocycles. The van der Waals surface area contributed by atoms with Crippen molar-refractivity contribution in [3.63, 3.8) is 0 Å². The highest BCUT2D eigenvalue weighted by Gasteiger charge is 2.18. The SMILES string of the molecule is CC(C(=O)N=c1scc(-c2ccc(Cl)cc2)n1-c1ccc(Cl)cc1)c1ccc(-c2ccccc2)c(F)c1. The Hall–Kier alpha value is -3.51. The molecule has 0 spiro atoms. The Balaban J connectivity index is 1.53. The minimum atomic E-state index is -0.626. The zero-order valence-electron chi connectivity index (χ0n) is 19.7. The molecule has 0 aliphatic rings. The minimum absolute atomic E-state index is 0.362. The maximum Gasteiger partial charge on any atom is 0.255 e. The van der Waals surface area contributed by atoms with Gasteiger partial charge in [-0.3, -0.25) is 9.36 Å². The number of thiazole rings is 1. The van der Waals surface area contributed by atoms with Gasteiger partial charge in [0, 0.05) is 26.7 Å². The first kappa shape index (κ1) is 25.2. The van der Waals surface area contributed by atoms with Gasteiger partial charge in [-0.2, -0.15) is 4.99 Å². The Morgan fingerprint density at radius 3 is 2.16 bits per heavy atom. The molecule has 0 saturated heterocycles. The molecule has 1 heterocycles. The smallest absolute Gasteiger partial charge is 0.255 e. The molecule has 0 saturated carbocycles. The summed E-state index contributed by atoms with van der Waals surface area (Å²) < 4.78 is 16.9. The number of aromatic nitrogens is 1. The van der Waals surface area contributed by atoms with Crippen LogP contribution in [0.3, 0.4) is 0 Å². The van der Waals surface area contributed by atoms with Gasteiger partial charge >= 0.3 is 0 Å². The maximum atomic E-state index is 15.0. The van der Waals surface area contributed by atoms with Crippen molar-refractivity contribution in [2.45, 2.75) is 12.8 Å². The standard InChI is InChI=1S/C30H21Cl2FN2OS/c1-19(22-9-16-26(27(33)17-22)20-5-3-2-4-6-20)29(36)34-30-35(25-14-12-24(32)13-15-25)28(18-37-30)21-7-10-23(31)11-8-21/h2-19H,1H3. The average Bonchev–Trinajstić information content (AvgIpc) is 3.32. The van der Waals surface area contributed by atoms with E-state index in [0.29, 0.717) is 26.0 Å². The Morgan fingerprint density at radius 2 is 1.51 bits per heavy atom. The average molecular weight is 547 g/mol. The lowest BCUT2D eigenvalue weighted by Crippen LogP contribution is -2.18. The van der Waals surface area contributed by atoms with Crippen molar-refractivity contribution in [3.05, 3.63) is 129 Å². The van der Waals surface area contributed by atoms with Gasteiger partial charge in [-0.15, -0.1) is 11.3 Å². The molecule has 7 heteroatoms. The summed E-state index contributed by atoms with van der Waals surface area (Å²) >= 11 is 13.6. The highest BCUT2D eigenvalue weighted by Crippen LogP contribution is 2.28. The predicted octanol–water partition coefficient (Wildman–Crippen LogP) is 8.55. The van der Waals surface area contributed by atoms with E-state index in [1.165, 1.54) is 17.4 Å². The summed E-state index contributed by atoms with van der Waals surface area (Å²) in [4.78, 5) is 18.2. The molecule has 4 aromatic carbocycles. The van der Waals surface area contributed by atoms with E-state index in [-0.39, 0.29) is 11.7 Å². The summed E-state index contributed by atoms with van der Waals surface area (Å²) in [5.41, 5.74) is 4.45. The molecule has 5 rings (SSSR count). The summed E-state index contributed by atoms with van der Waals surface area (Å²) in [6, 6.07) is 29.0. The largest absolute Gasteiger partial charge is 0.285 e. The molecule has 1 aromatic heterocycles. The van der Waals surface area contributed by atoms with Crippen LogP contribution < -0.4 is 4.80 Å². The van der Waals surface area contributed by atoms with Crippen molar-refractivity contribution < 1.29 is 9.18 Å². The van der Waals surface area contributed by atoms with Crippen LogP contribution in [-0.4, -0.2) is 10.5 Å². The van der Waals surface area contributed by atoms with Gasteiger partial charge in [-0.1, -0.05) is 77.8 Å². The Labute approximate surface area is 228 Å². The van der Waals surface area contributed by atoms with Crippen molar-refractivity contribution in [2.75, 3.05) is 0 Å². The van der Waals surface area contributed by atoms with Gasteiger partial charge in [-0.05, 0) is 66.1 Å². The van der Waals surface area contributed by atoms with Crippen LogP contribution in [0.2, 0.25) is 10.0 Å². The number of nitrogens with zero attached hydrogens (tertiary/aromatic N) is 2. The molecule has 1 atom stereocenters. The number of halogens is 3. The topological polar surface area (TPSA) is 34.4 Å². The predicted molar refractivity (Wildman–Crippen MR) is 150 cm³/mol. The van der Waals surface area contributed by atoms with Crippen molar-refractivity contribution in [3.8, 4) is 28.1 Å². The molecule has 1 unspecified atom stereocenters. The van der Waals surface area contributed by atoms with Gasteiger partial charge in [0.1, 0.15) is 5.82 Å². The lowest BCUT2D eigenvalue weighted by molar-refractivity contribution is -0.119. The fourth-order valence-corrected chi connectivity index (χ4v) is 5.20. The molecule has 0 fully saturated rings. The highest BCUT2D eigenvalue weighted by atomic mass is 35.5. The molecular formula is C30H21Cl2FN2OS. The van der Waals surface area contributed by atoms with Crippen LogP contribution in [0, 0.1) is 5.82 Å². The molecule has 0 bridgehead atoms. The number of hydrogen-bond donors (Lipinski definition) is 0. The maximum absolute atomic E-state index is 15.0. The van der Waals surface area contributed by atoms with E-state index in [1.54, 1.807) is 31.2 Å². The fraction of sp³-hybridized carbons (Fsp3) is 0.0667. The summed E-state index contributed by atoms with van der Waals surface area (Å²) in [7, 11) is 0. The van der Waals surface area contributed by atoms with Crippen molar-refractivity contribution in [2.24, 2.45) is 4.99 Å². The summed E-state index contributed by atoms with van der Waals surface area (Å²) in [5.74, 6) is -1.36. The monoisotopic (exact) mass is 546 g/mol. The third kappa shape index (κ3) is 5.44. The third-order valence-electron chi connectivity index (χ3n) is 6.09. The van der Waals surface area contributed by atoms with Gasteiger partial charge in [-0.25, -0.2) is 4.39 Å². The van der Waals surface area contributed by atoms with Gasteiger partial charge in [0.2, 0.25) is 0 Å². The molecule has 3 nitrogen and oxygen atoms in total. The van der Waals surface area contributed by atoms with E-state index >= 15 is 0 Å². The molecule has 184 valence electrons. The second kappa shape index (κ2) is 10.9. The summed E-state index contributed by atoms with van der Waals surface area (Å²) in [5, 5.41) is 3.19. The number of carbonyl (C=O) groups is 1. The summed E-state index contributed by atoms with van der Waals surface area (Å²) in [6.07, 6.45) is 0. The Morgan fingerprint density at radius 1 is 0.865 bits per heavy atom. The molecule has 1 amide bonds. The highest BCUT2D eigenvalue weighted by molar-refractivity contribution is 7.07. The molecule has 0 N–H and O–H groups in total. The Kier molecular flexibility index (Phi) is 7.38. The number of carbonyl (C=O) groups excluding carboxylic acids is 1. The first-order chi connectivity index (χ1) is 17.9. The third-order valence-corrected chi connectivity index (χ3v) is 7.42. The van der Waals surface area contributed by atoms with Crippen LogP contribution in [0.5, 0.6) is 0 Å². The van der Waals surface area contributed by atoms with E-state index < -0.39 is 5.92 Å². The van der Waals surface area contributed by atoms with Crippen LogP contribution in [0.25, 0.3) is 28.1 Å². The van der Waals surface area contributed by atoms with Gasteiger partial charge < -0.3 is 0 Å². The minimum Gasteiger partial charge on any atom is -0.285 e. The number of hydrogen-bond acceptors (Lipinski definition) is 2. The van der Waals surface area contributed by atoms with E-state index in [1.807, 2.05) is 76.7 Å². The zero-order chi connectivity index (χ0) is 25.9. The first-order valence-corrected chi connectivity index (χ1v) is 13.2. The second-order valence-corrected chi connectivity index (χ2v) is 10.2. The van der Waals surface area contributed by atoms with Crippen molar-refractivity contribution >= 4 is 40.4 Å². The van der Waals surface area contributed by atoms with Crippen LogP contribution >= 0.6 is 34.5 Å². The van der Waals surface area contributed by atoms with Crippen LogP contribution in [-0.2, 0) is 4.79 Å². The quantitative estimate of drug-likeness (QED) is 0.217. The van der Waals surface area contributed by atoms with Crippen LogP contribution in [0.4, 0.5) is 4.39 Å². The van der Waals surface area contributed by atoms with E-state index in [2.05, 4.69) is 4.99 Å². The lowest BCUT2D eigenvalue weighted by Gasteiger charge is -2.12. The van der Waals surface area contributed by atoms with E-state index in [0.717, 1.165) is 22.5 Å². The van der Waals surface area contributed by atoms with E-state index in [9.17, 15) is 9.18 Å². The number of rotatable bonds is 5. The van der Waals surface area contributed by atoms with Crippen molar-refractivity contribution in [1.29, 1.82) is 0 Å². The molecule has 37 heavy (non-hydrogen) atoms. The van der Waals surface area contributed by atoms with Gasteiger partial charge in [0.15, 0.2) is 4.80 Å². The number of amides is 1. The van der Waals surface area contributed by atoms with Crippen LogP contribution in [0.1, 0.15) is 18.4 Å². The van der Waals surface area contributed by atoms with E-state index in [4.69, 9.17) is 23.2 Å². The fourth-order valence-electron chi connectivity index (χ4n) is 4.04. The normalized spacial score (nSPS) is 12.5. The van der Waals surface area contributed by atoms with Crippen LogP contribution in [0.15, 0.2) is 107 Å². The molecule has 0 radical (unpaired) electrons. The van der Waals surface area contributed by atoms with Crippen molar-refractivity contribution in [1.82, 2.24) is 4.57 Å². The Bertz CT molecular complexity index is 1630.